The molecule has 144 valence electrons. The molecular weight excluding hydrogens is 354 g/mol. The SMILES string of the molecule is O=C(NCC1CCN(c2cc(-c3ccccc3)[nH]n2)CC1)c1ccc[nH]c1=O. The van der Waals surface area contributed by atoms with Crippen LogP contribution in [0.2, 0.25) is 0 Å². The van der Waals surface area contributed by atoms with Gasteiger partial charge in [0.2, 0.25) is 0 Å². The molecule has 28 heavy (non-hydrogen) atoms. The fourth-order valence-corrected chi connectivity index (χ4v) is 3.54. The van der Waals surface area contributed by atoms with Crippen LogP contribution in [0.4, 0.5) is 5.82 Å². The topological polar surface area (TPSA) is 93.9 Å². The van der Waals surface area contributed by atoms with E-state index in [2.05, 4.69) is 43.6 Å². The van der Waals surface area contributed by atoms with Gasteiger partial charge in [-0.1, -0.05) is 30.3 Å². The highest BCUT2D eigenvalue weighted by Gasteiger charge is 2.22. The van der Waals surface area contributed by atoms with E-state index in [9.17, 15) is 9.59 Å². The first-order chi connectivity index (χ1) is 13.7. The van der Waals surface area contributed by atoms with Crippen LogP contribution in [0.5, 0.6) is 0 Å². The standard InChI is InChI=1S/C21H23N5O2/c27-20-17(7-4-10-22-20)21(28)23-14-15-8-11-26(12-9-15)19-13-18(24-25-19)16-5-2-1-3-6-16/h1-7,10,13,15H,8-9,11-12,14H2,(H,22,27)(H,23,28)(H,24,25). The molecule has 1 amide bonds. The summed E-state index contributed by atoms with van der Waals surface area (Å²) in [5, 5.41) is 10.5. The summed E-state index contributed by atoms with van der Waals surface area (Å²) in [6, 6.07) is 15.4. The monoisotopic (exact) mass is 377 g/mol. The zero-order valence-electron chi connectivity index (χ0n) is 15.5. The highest BCUT2D eigenvalue weighted by molar-refractivity contribution is 5.93. The summed E-state index contributed by atoms with van der Waals surface area (Å²) in [6.45, 7) is 2.37. The number of nitrogens with one attached hydrogen (secondary N) is 3. The molecule has 3 N–H and O–H groups in total. The number of aromatic nitrogens is 3. The molecule has 1 aliphatic rings. The minimum atomic E-state index is -0.359. The highest BCUT2D eigenvalue weighted by atomic mass is 16.2. The van der Waals surface area contributed by atoms with Crippen molar-refractivity contribution in [1.29, 1.82) is 0 Å². The molecule has 0 bridgehead atoms. The molecule has 0 radical (unpaired) electrons. The number of piperidine rings is 1. The van der Waals surface area contributed by atoms with Gasteiger partial charge in [0, 0.05) is 31.9 Å². The molecule has 1 saturated heterocycles. The maximum atomic E-state index is 12.2. The van der Waals surface area contributed by atoms with Gasteiger partial charge < -0.3 is 15.2 Å². The lowest BCUT2D eigenvalue weighted by Crippen LogP contribution is -2.39. The van der Waals surface area contributed by atoms with Gasteiger partial charge >= 0.3 is 0 Å². The van der Waals surface area contributed by atoms with Crippen molar-refractivity contribution in [2.75, 3.05) is 24.5 Å². The van der Waals surface area contributed by atoms with Crippen molar-refractivity contribution in [3.05, 3.63) is 70.6 Å². The Morgan fingerprint density at radius 1 is 1.14 bits per heavy atom. The molecule has 0 spiro atoms. The molecule has 7 nitrogen and oxygen atoms in total. The molecule has 3 aromatic rings. The number of amides is 1. The minimum Gasteiger partial charge on any atom is -0.355 e. The van der Waals surface area contributed by atoms with Gasteiger partial charge in [0.25, 0.3) is 11.5 Å². The van der Waals surface area contributed by atoms with Crippen LogP contribution >= 0.6 is 0 Å². The average molecular weight is 377 g/mol. The number of nitrogens with zero attached hydrogens (tertiary/aromatic N) is 2. The first-order valence-electron chi connectivity index (χ1n) is 9.52. The molecular formula is C21H23N5O2. The van der Waals surface area contributed by atoms with Crippen molar-refractivity contribution in [2.45, 2.75) is 12.8 Å². The molecule has 1 fully saturated rings. The summed E-state index contributed by atoms with van der Waals surface area (Å²) < 4.78 is 0. The van der Waals surface area contributed by atoms with Crippen LogP contribution in [0, 0.1) is 5.92 Å². The van der Waals surface area contributed by atoms with Crippen molar-refractivity contribution in [3.8, 4) is 11.3 Å². The lowest BCUT2D eigenvalue weighted by molar-refractivity contribution is 0.0943. The van der Waals surface area contributed by atoms with Gasteiger partial charge in [-0.05, 0) is 36.5 Å². The van der Waals surface area contributed by atoms with Gasteiger partial charge in [0.05, 0.1) is 5.69 Å². The lowest BCUT2D eigenvalue weighted by Gasteiger charge is -2.32. The van der Waals surface area contributed by atoms with E-state index in [1.165, 1.54) is 6.20 Å². The van der Waals surface area contributed by atoms with Crippen LogP contribution in [-0.2, 0) is 0 Å². The Hall–Kier alpha value is -3.35. The fourth-order valence-electron chi connectivity index (χ4n) is 3.54. The molecule has 7 heteroatoms. The summed E-state index contributed by atoms with van der Waals surface area (Å²) in [6.07, 6.45) is 3.46. The molecule has 0 unspecified atom stereocenters. The first kappa shape index (κ1) is 18.0. The van der Waals surface area contributed by atoms with Gasteiger partial charge in [-0.3, -0.25) is 14.7 Å². The molecule has 1 aliphatic heterocycles. The Morgan fingerprint density at radius 3 is 2.68 bits per heavy atom. The summed E-state index contributed by atoms with van der Waals surface area (Å²) >= 11 is 0. The van der Waals surface area contributed by atoms with E-state index in [1.807, 2.05) is 18.2 Å². The van der Waals surface area contributed by atoms with Crippen molar-refractivity contribution in [3.63, 3.8) is 0 Å². The smallest absolute Gasteiger partial charge is 0.260 e. The normalized spacial score (nSPS) is 14.8. The predicted molar refractivity (Wildman–Crippen MR) is 108 cm³/mol. The molecule has 0 aliphatic carbocycles. The fraction of sp³-hybridized carbons (Fsp3) is 0.286. The Labute approximate surface area is 162 Å². The van der Waals surface area contributed by atoms with Gasteiger partial charge in [0.15, 0.2) is 5.82 Å². The number of pyridine rings is 1. The van der Waals surface area contributed by atoms with Crippen molar-refractivity contribution in [2.24, 2.45) is 5.92 Å². The van der Waals surface area contributed by atoms with E-state index < -0.39 is 0 Å². The number of carbonyl (C=O) groups excluding carboxylic acids is 1. The van der Waals surface area contributed by atoms with E-state index in [0.29, 0.717) is 12.5 Å². The van der Waals surface area contributed by atoms with Crippen LogP contribution in [0.25, 0.3) is 11.3 Å². The zero-order chi connectivity index (χ0) is 19.3. The van der Waals surface area contributed by atoms with Gasteiger partial charge in [-0.15, -0.1) is 0 Å². The molecule has 1 aromatic carbocycles. The Kier molecular flexibility index (Phi) is 5.23. The van der Waals surface area contributed by atoms with E-state index in [4.69, 9.17) is 0 Å². The largest absolute Gasteiger partial charge is 0.355 e. The molecule has 0 atom stereocenters. The van der Waals surface area contributed by atoms with Crippen LogP contribution in [0.1, 0.15) is 23.2 Å². The second kappa shape index (κ2) is 8.12. The Morgan fingerprint density at radius 2 is 1.93 bits per heavy atom. The van der Waals surface area contributed by atoms with Crippen molar-refractivity contribution < 1.29 is 4.79 Å². The summed E-state index contributed by atoms with van der Waals surface area (Å²) in [5.41, 5.74) is 1.93. The summed E-state index contributed by atoms with van der Waals surface area (Å²) in [5.74, 6) is 1.04. The third-order valence-corrected chi connectivity index (χ3v) is 5.20. The number of aromatic amines is 2. The van der Waals surface area contributed by atoms with Gasteiger partial charge in [-0.25, -0.2) is 0 Å². The number of hydrogen-bond acceptors (Lipinski definition) is 4. The quantitative estimate of drug-likeness (QED) is 0.636. The van der Waals surface area contributed by atoms with E-state index in [1.54, 1.807) is 12.1 Å². The van der Waals surface area contributed by atoms with E-state index >= 15 is 0 Å². The van der Waals surface area contributed by atoms with Crippen LogP contribution in [0.3, 0.4) is 0 Å². The van der Waals surface area contributed by atoms with Crippen molar-refractivity contribution >= 4 is 11.7 Å². The highest BCUT2D eigenvalue weighted by Crippen LogP contribution is 2.25. The number of H-pyrrole nitrogens is 2. The second-order valence-electron chi connectivity index (χ2n) is 7.06. The Bertz CT molecular complexity index is 987. The number of rotatable bonds is 5. The minimum absolute atomic E-state index is 0.157. The van der Waals surface area contributed by atoms with E-state index in [0.717, 1.165) is 43.0 Å². The average Bonchev–Trinajstić information content (AvgIpc) is 3.24. The number of carbonyl (C=O) groups is 1. The molecule has 2 aromatic heterocycles. The van der Waals surface area contributed by atoms with Gasteiger partial charge in [-0.2, -0.15) is 5.10 Å². The predicted octanol–water partition coefficient (Wildman–Crippen LogP) is 2.41. The number of hydrogen-bond donors (Lipinski definition) is 3. The Balaban J connectivity index is 1.29. The summed E-state index contributed by atoms with van der Waals surface area (Å²) in [4.78, 5) is 28.6. The maximum absolute atomic E-state index is 12.2. The second-order valence-corrected chi connectivity index (χ2v) is 7.06. The van der Waals surface area contributed by atoms with Crippen LogP contribution < -0.4 is 15.8 Å². The zero-order valence-corrected chi connectivity index (χ0v) is 15.5. The molecule has 4 rings (SSSR count). The maximum Gasteiger partial charge on any atom is 0.260 e. The van der Waals surface area contributed by atoms with E-state index in [-0.39, 0.29) is 17.0 Å². The number of anilines is 1. The third-order valence-electron chi connectivity index (χ3n) is 5.20. The first-order valence-corrected chi connectivity index (χ1v) is 9.52. The van der Waals surface area contributed by atoms with Gasteiger partial charge in [0.1, 0.15) is 5.56 Å². The van der Waals surface area contributed by atoms with Crippen LogP contribution in [-0.4, -0.2) is 40.7 Å². The lowest BCUT2D eigenvalue weighted by atomic mass is 9.96. The molecule has 3 heterocycles. The van der Waals surface area contributed by atoms with Crippen molar-refractivity contribution in [1.82, 2.24) is 20.5 Å². The molecule has 0 saturated carbocycles. The third kappa shape index (κ3) is 3.98. The summed E-state index contributed by atoms with van der Waals surface area (Å²) in [7, 11) is 0. The number of benzene rings is 1. The van der Waals surface area contributed by atoms with Crippen LogP contribution in [0.15, 0.2) is 59.5 Å².